The lowest BCUT2D eigenvalue weighted by Gasteiger charge is -2.14. The SMILES string of the molecule is CC.CC[C@H]1O[C@@H](n2ccc(N)nc2=O)C[C@@H]1C. The molecule has 1 aromatic heterocycles. The molecule has 2 rings (SSSR count). The van der Waals surface area contributed by atoms with Crippen LogP contribution in [0.3, 0.4) is 0 Å². The number of ether oxygens (including phenoxy) is 1. The van der Waals surface area contributed by atoms with Crippen molar-refractivity contribution < 1.29 is 4.74 Å². The van der Waals surface area contributed by atoms with Gasteiger partial charge in [0.05, 0.1) is 6.10 Å². The summed E-state index contributed by atoms with van der Waals surface area (Å²) in [6, 6.07) is 1.62. The maximum absolute atomic E-state index is 11.6. The first-order valence-electron chi connectivity index (χ1n) is 6.62. The number of rotatable bonds is 2. The highest BCUT2D eigenvalue weighted by Crippen LogP contribution is 2.33. The van der Waals surface area contributed by atoms with E-state index in [1.807, 2.05) is 13.8 Å². The number of nitrogen functional groups attached to an aromatic ring is 1. The van der Waals surface area contributed by atoms with E-state index in [0.717, 1.165) is 12.8 Å². The minimum absolute atomic E-state index is 0.194. The molecule has 1 aliphatic rings. The van der Waals surface area contributed by atoms with Crippen LogP contribution in [0.15, 0.2) is 17.1 Å². The highest BCUT2D eigenvalue weighted by atomic mass is 16.5. The Morgan fingerprint density at radius 3 is 2.72 bits per heavy atom. The van der Waals surface area contributed by atoms with Crippen LogP contribution >= 0.6 is 0 Å². The highest BCUT2D eigenvalue weighted by molar-refractivity contribution is 5.23. The topological polar surface area (TPSA) is 70.1 Å². The first-order valence-corrected chi connectivity index (χ1v) is 6.62. The van der Waals surface area contributed by atoms with Crippen molar-refractivity contribution >= 4 is 5.82 Å². The maximum atomic E-state index is 11.6. The third kappa shape index (κ3) is 3.10. The van der Waals surface area contributed by atoms with E-state index in [9.17, 15) is 4.79 Å². The van der Waals surface area contributed by atoms with Crippen LogP contribution in [0.1, 0.15) is 46.8 Å². The first kappa shape index (κ1) is 14.7. The van der Waals surface area contributed by atoms with Gasteiger partial charge in [-0.25, -0.2) is 4.79 Å². The van der Waals surface area contributed by atoms with E-state index in [1.165, 1.54) is 4.57 Å². The lowest BCUT2D eigenvalue weighted by molar-refractivity contribution is -0.00747. The highest BCUT2D eigenvalue weighted by Gasteiger charge is 2.32. The van der Waals surface area contributed by atoms with Crippen LogP contribution in [-0.2, 0) is 4.74 Å². The van der Waals surface area contributed by atoms with Crippen molar-refractivity contribution in [2.75, 3.05) is 5.73 Å². The second-order valence-electron chi connectivity index (χ2n) is 4.29. The molecule has 0 bridgehead atoms. The minimum atomic E-state index is -0.339. The molecule has 1 aromatic rings. The fourth-order valence-electron chi connectivity index (χ4n) is 2.18. The lowest BCUT2D eigenvalue weighted by Crippen LogP contribution is -2.27. The Labute approximate surface area is 108 Å². The van der Waals surface area contributed by atoms with E-state index >= 15 is 0 Å². The van der Waals surface area contributed by atoms with Crippen molar-refractivity contribution in [2.45, 2.75) is 52.9 Å². The number of hydrogen-bond acceptors (Lipinski definition) is 4. The van der Waals surface area contributed by atoms with Crippen LogP contribution in [-0.4, -0.2) is 15.7 Å². The summed E-state index contributed by atoms with van der Waals surface area (Å²) < 4.78 is 7.33. The molecule has 5 heteroatoms. The third-order valence-corrected chi connectivity index (χ3v) is 3.10. The van der Waals surface area contributed by atoms with Crippen molar-refractivity contribution in [1.82, 2.24) is 9.55 Å². The van der Waals surface area contributed by atoms with Crippen molar-refractivity contribution in [1.29, 1.82) is 0 Å². The number of nitrogens with two attached hydrogens (primary N) is 1. The largest absolute Gasteiger partial charge is 0.383 e. The number of hydrogen-bond donors (Lipinski definition) is 1. The Morgan fingerprint density at radius 2 is 2.22 bits per heavy atom. The van der Waals surface area contributed by atoms with E-state index in [1.54, 1.807) is 12.3 Å². The molecule has 18 heavy (non-hydrogen) atoms. The molecule has 1 aliphatic heterocycles. The van der Waals surface area contributed by atoms with Crippen LogP contribution in [0.2, 0.25) is 0 Å². The average Bonchev–Trinajstić information content (AvgIpc) is 2.73. The molecule has 3 atom stereocenters. The second-order valence-corrected chi connectivity index (χ2v) is 4.29. The normalized spacial score (nSPS) is 26.6. The van der Waals surface area contributed by atoms with Gasteiger partial charge in [-0.15, -0.1) is 0 Å². The first-order chi connectivity index (χ1) is 8.61. The fraction of sp³-hybridized carbons (Fsp3) is 0.692. The van der Waals surface area contributed by atoms with Gasteiger partial charge in [0.1, 0.15) is 12.0 Å². The zero-order valence-corrected chi connectivity index (χ0v) is 11.6. The molecule has 0 radical (unpaired) electrons. The van der Waals surface area contributed by atoms with Crippen LogP contribution in [0.5, 0.6) is 0 Å². The predicted octanol–water partition coefficient (Wildman–Crippen LogP) is 2.19. The summed E-state index contributed by atoms with van der Waals surface area (Å²) in [5.41, 5.74) is 5.10. The molecule has 0 saturated carbocycles. The quantitative estimate of drug-likeness (QED) is 0.877. The Balaban J connectivity index is 0.000000771. The summed E-state index contributed by atoms with van der Waals surface area (Å²) in [5, 5.41) is 0. The van der Waals surface area contributed by atoms with E-state index in [2.05, 4.69) is 18.8 Å². The van der Waals surface area contributed by atoms with Crippen LogP contribution in [0.25, 0.3) is 0 Å². The molecule has 2 N–H and O–H groups in total. The zero-order chi connectivity index (χ0) is 13.7. The van der Waals surface area contributed by atoms with Gasteiger partial charge in [-0.3, -0.25) is 4.57 Å². The molecule has 1 saturated heterocycles. The van der Waals surface area contributed by atoms with Crippen LogP contribution < -0.4 is 11.4 Å². The van der Waals surface area contributed by atoms with Crippen molar-refractivity contribution in [3.63, 3.8) is 0 Å². The number of anilines is 1. The monoisotopic (exact) mass is 253 g/mol. The smallest absolute Gasteiger partial charge is 0.351 e. The molecule has 0 aromatic carbocycles. The molecule has 0 amide bonds. The predicted molar refractivity (Wildman–Crippen MR) is 72.2 cm³/mol. The van der Waals surface area contributed by atoms with E-state index < -0.39 is 0 Å². The second kappa shape index (κ2) is 6.54. The van der Waals surface area contributed by atoms with Gasteiger partial charge in [0.25, 0.3) is 0 Å². The van der Waals surface area contributed by atoms with Gasteiger partial charge in [0, 0.05) is 6.20 Å². The van der Waals surface area contributed by atoms with Gasteiger partial charge in [0.2, 0.25) is 0 Å². The molecular weight excluding hydrogens is 230 g/mol. The van der Waals surface area contributed by atoms with Gasteiger partial charge in [-0.1, -0.05) is 27.7 Å². The van der Waals surface area contributed by atoms with Crippen molar-refractivity contribution in [3.05, 3.63) is 22.7 Å². The van der Waals surface area contributed by atoms with E-state index in [-0.39, 0.29) is 23.8 Å². The van der Waals surface area contributed by atoms with Gasteiger partial charge in [-0.2, -0.15) is 4.98 Å². The standard InChI is InChI=1S/C11H17N3O2.C2H6/c1-3-8-7(2)6-10(16-8)14-5-4-9(12)13-11(14)15;1-2/h4-5,7-8,10H,3,6H2,1-2H3,(H2,12,13,15);1-2H3/t7-,8+,10+;/m0./s1. The van der Waals surface area contributed by atoms with Crippen LogP contribution in [0, 0.1) is 5.92 Å². The molecule has 2 heterocycles. The minimum Gasteiger partial charge on any atom is -0.383 e. The number of aromatic nitrogens is 2. The molecule has 0 spiro atoms. The van der Waals surface area contributed by atoms with Gasteiger partial charge in [0.15, 0.2) is 0 Å². The van der Waals surface area contributed by atoms with E-state index in [0.29, 0.717) is 5.92 Å². The van der Waals surface area contributed by atoms with Gasteiger partial charge in [-0.05, 0) is 24.8 Å². The molecule has 0 aliphatic carbocycles. The molecular formula is C13H23N3O2. The Kier molecular flexibility index (Phi) is 5.34. The van der Waals surface area contributed by atoms with Crippen molar-refractivity contribution in [2.24, 2.45) is 5.92 Å². The number of nitrogens with zero attached hydrogens (tertiary/aromatic N) is 2. The Bertz CT molecular complexity index is 430. The van der Waals surface area contributed by atoms with Crippen molar-refractivity contribution in [3.8, 4) is 0 Å². The Hall–Kier alpha value is -1.36. The summed E-state index contributed by atoms with van der Waals surface area (Å²) in [5.74, 6) is 0.721. The lowest BCUT2D eigenvalue weighted by atomic mass is 10.0. The molecule has 1 fully saturated rings. The fourth-order valence-corrected chi connectivity index (χ4v) is 2.18. The molecule has 5 nitrogen and oxygen atoms in total. The third-order valence-electron chi connectivity index (χ3n) is 3.10. The van der Waals surface area contributed by atoms with Gasteiger partial charge < -0.3 is 10.5 Å². The summed E-state index contributed by atoms with van der Waals surface area (Å²) in [7, 11) is 0. The Morgan fingerprint density at radius 1 is 1.56 bits per heavy atom. The molecule has 0 unspecified atom stereocenters. The zero-order valence-electron chi connectivity index (χ0n) is 11.6. The molecule has 102 valence electrons. The summed E-state index contributed by atoms with van der Waals surface area (Å²) in [4.78, 5) is 15.3. The van der Waals surface area contributed by atoms with E-state index in [4.69, 9.17) is 10.5 Å². The van der Waals surface area contributed by atoms with Crippen LogP contribution in [0.4, 0.5) is 5.82 Å². The summed E-state index contributed by atoms with van der Waals surface area (Å²) >= 11 is 0. The summed E-state index contributed by atoms with van der Waals surface area (Å²) in [6.45, 7) is 8.23. The maximum Gasteiger partial charge on any atom is 0.351 e. The average molecular weight is 253 g/mol. The van der Waals surface area contributed by atoms with Gasteiger partial charge >= 0.3 is 5.69 Å². The summed E-state index contributed by atoms with van der Waals surface area (Å²) in [6.07, 6.45) is 3.51.